The fraction of sp³-hybridized carbons (Fsp3) is 0.300. The quantitative estimate of drug-likeness (QED) is 0.904. The molecule has 0 radical (unpaired) electrons. The van der Waals surface area contributed by atoms with E-state index in [1.54, 1.807) is 11.9 Å². The number of hydrogen-bond donors (Lipinski definition) is 1. The second-order valence-corrected chi connectivity index (χ2v) is 6.58. The van der Waals surface area contributed by atoms with Crippen molar-refractivity contribution in [2.75, 3.05) is 36.6 Å². The number of nitrogens with zero attached hydrogens (tertiary/aromatic N) is 2. The molecular formula is C20H21N3O4. The van der Waals surface area contributed by atoms with Gasteiger partial charge in [0.2, 0.25) is 5.91 Å². The minimum Gasteiger partial charge on any atom is -0.486 e. The van der Waals surface area contributed by atoms with Crippen LogP contribution in [0.5, 0.6) is 11.5 Å². The molecule has 2 aromatic carbocycles. The summed E-state index contributed by atoms with van der Waals surface area (Å²) in [6.07, 6.45) is 0.267. The lowest BCUT2D eigenvalue weighted by atomic mass is 10.2. The molecule has 1 atom stereocenters. The molecule has 2 aromatic rings. The summed E-state index contributed by atoms with van der Waals surface area (Å²) in [5.41, 5.74) is 1.54. The van der Waals surface area contributed by atoms with Crippen molar-refractivity contribution < 1.29 is 19.1 Å². The number of carbonyl (C=O) groups excluding carboxylic acids is 2. The van der Waals surface area contributed by atoms with Crippen molar-refractivity contribution in [2.45, 2.75) is 12.5 Å². The van der Waals surface area contributed by atoms with Gasteiger partial charge in [-0.05, 0) is 24.3 Å². The number of benzene rings is 2. The third-order valence-corrected chi connectivity index (χ3v) is 4.74. The number of amides is 3. The van der Waals surface area contributed by atoms with Crippen LogP contribution >= 0.6 is 0 Å². The molecule has 7 heteroatoms. The van der Waals surface area contributed by atoms with Crippen molar-refractivity contribution in [1.82, 2.24) is 5.32 Å². The first-order valence-electron chi connectivity index (χ1n) is 8.91. The fourth-order valence-corrected chi connectivity index (χ4v) is 3.29. The maximum atomic E-state index is 12.5. The molecule has 4 rings (SSSR count). The molecule has 0 saturated carbocycles. The minimum absolute atomic E-state index is 0.0284. The van der Waals surface area contributed by atoms with Gasteiger partial charge in [0.05, 0.1) is 6.04 Å². The van der Waals surface area contributed by atoms with Crippen molar-refractivity contribution in [3.63, 3.8) is 0 Å². The summed E-state index contributed by atoms with van der Waals surface area (Å²) in [6.45, 7) is 1.44. The van der Waals surface area contributed by atoms with E-state index in [0.29, 0.717) is 31.3 Å². The number of anilines is 2. The molecule has 7 nitrogen and oxygen atoms in total. The van der Waals surface area contributed by atoms with Crippen molar-refractivity contribution in [1.29, 1.82) is 0 Å². The first-order valence-corrected chi connectivity index (χ1v) is 8.91. The zero-order chi connectivity index (χ0) is 18.8. The number of nitrogens with one attached hydrogen (secondary N) is 1. The van der Waals surface area contributed by atoms with Gasteiger partial charge >= 0.3 is 6.03 Å². The van der Waals surface area contributed by atoms with Gasteiger partial charge in [0.15, 0.2) is 11.5 Å². The van der Waals surface area contributed by atoms with Crippen LogP contribution in [-0.2, 0) is 4.79 Å². The molecule has 2 aliphatic heterocycles. The first-order chi connectivity index (χ1) is 13.1. The maximum absolute atomic E-state index is 12.5. The highest BCUT2D eigenvalue weighted by atomic mass is 16.6. The van der Waals surface area contributed by atoms with Crippen LogP contribution in [0, 0.1) is 0 Å². The maximum Gasteiger partial charge on any atom is 0.321 e. The highest BCUT2D eigenvalue weighted by Crippen LogP contribution is 2.35. The molecule has 0 unspecified atom stereocenters. The van der Waals surface area contributed by atoms with Gasteiger partial charge in [-0.1, -0.05) is 18.2 Å². The smallest absolute Gasteiger partial charge is 0.321 e. The molecule has 0 aliphatic carbocycles. The molecule has 0 bridgehead atoms. The van der Waals surface area contributed by atoms with Crippen LogP contribution in [0.3, 0.4) is 0 Å². The molecule has 2 aliphatic rings. The average Bonchev–Trinajstić information content (AvgIpc) is 3.07. The largest absolute Gasteiger partial charge is 0.486 e. The Balaban J connectivity index is 1.42. The normalized spacial score (nSPS) is 18.3. The minimum atomic E-state index is -0.246. The Morgan fingerprint density at radius 2 is 1.85 bits per heavy atom. The van der Waals surface area contributed by atoms with Gasteiger partial charge in [-0.15, -0.1) is 0 Å². The number of ether oxygens (including phenoxy) is 2. The molecule has 140 valence electrons. The third kappa shape index (κ3) is 3.53. The van der Waals surface area contributed by atoms with Crippen LogP contribution in [0.15, 0.2) is 48.5 Å². The Labute approximate surface area is 157 Å². The van der Waals surface area contributed by atoms with E-state index in [1.165, 1.54) is 4.90 Å². The van der Waals surface area contributed by atoms with Crippen LogP contribution in [0.4, 0.5) is 16.2 Å². The number of rotatable bonds is 3. The molecule has 0 spiro atoms. The van der Waals surface area contributed by atoms with Crippen molar-refractivity contribution in [3.8, 4) is 11.5 Å². The number of para-hydroxylation sites is 1. The van der Waals surface area contributed by atoms with Gasteiger partial charge in [0, 0.05) is 37.5 Å². The van der Waals surface area contributed by atoms with Gasteiger partial charge in [-0.3, -0.25) is 9.69 Å². The molecule has 3 amide bonds. The van der Waals surface area contributed by atoms with Gasteiger partial charge in [0.1, 0.15) is 13.2 Å². The zero-order valence-electron chi connectivity index (χ0n) is 15.1. The molecule has 1 N–H and O–H groups in total. The predicted molar refractivity (Wildman–Crippen MR) is 102 cm³/mol. The van der Waals surface area contributed by atoms with Gasteiger partial charge in [-0.2, -0.15) is 0 Å². The Kier molecular flexibility index (Phi) is 4.58. The summed E-state index contributed by atoms with van der Waals surface area (Å²) >= 11 is 0. The molecule has 1 saturated heterocycles. The number of carbonyl (C=O) groups is 2. The molecule has 1 fully saturated rings. The summed E-state index contributed by atoms with van der Waals surface area (Å²) in [7, 11) is 1.71. The summed E-state index contributed by atoms with van der Waals surface area (Å²) < 4.78 is 11.1. The average molecular weight is 367 g/mol. The topological polar surface area (TPSA) is 71.1 Å². The van der Waals surface area contributed by atoms with E-state index >= 15 is 0 Å². The van der Waals surface area contributed by atoms with E-state index < -0.39 is 0 Å². The highest BCUT2D eigenvalue weighted by molar-refractivity contribution is 5.98. The van der Waals surface area contributed by atoms with Crippen LogP contribution in [0.25, 0.3) is 0 Å². The second-order valence-electron chi connectivity index (χ2n) is 6.58. The van der Waals surface area contributed by atoms with Gasteiger partial charge in [-0.25, -0.2) is 4.79 Å². The van der Waals surface area contributed by atoms with Crippen molar-refractivity contribution in [3.05, 3.63) is 48.5 Å². The Morgan fingerprint density at radius 3 is 2.63 bits per heavy atom. The lowest BCUT2D eigenvalue weighted by Crippen LogP contribution is -2.44. The predicted octanol–water partition coefficient (Wildman–Crippen LogP) is 2.41. The van der Waals surface area contributed by atoms with Gasteiger partial charge < -0.3 is 19.7 Å². The Morgan fingerprint density at radius 1 is 1.11 bits per heavy atom. The van der Waals surface area contributed by atoms with Gasteiger partial charge in [0.25, 0.3) is 0 Å². The SMILES string of the molecule is CN(C(=O)N[C@@H]1CC(=O)N(c2ccc3c(c2)OCCO3)C1)c1ccccc1. The Bertz CT molecular complexity index is 856. The van der Waals surface area contributed by atoms with Crippen LogP contribution in [-0.4, -0.2) is 44.8 Å². The fourth-order valence-electron chi connectivity index (χ4n) is 3.29. The summed E-state index contributed by atoms with van der Waals surface area (Å²) in [5, 5.41) is 2.94. The highest BCUT2D eigenvalue weighted by Gasteiger charge is 2.33. The summed E-state index contributed by atoms with van der Waals surface area (Å²) in [5.74, 6) is 1.30. The lowest BCUT2D eigenvalue weighted by molar-refractivity contribution is -0.117. The number of urea groups is 1. The van der Waals surface area contributed by atoms with Crippen LogP contribution in [0.2, 0.25) is 0 Å². The van der Waals surface area contributed by atoms with E-state index in [1.807, 2.05) is 48.5 Å². The summed E-state index contributed by atoms with van der Waals surface area (Å²) in [6, 6.07) is 14.4. The summed E-state index contributed by atoms with van der Waals surface area (Å²) in [4.78, 5) is 28.2. The van der Waals surface area contributed by atoms with Crippen molar-refractivity contribution in [2.24, 2.45) is 0 Å². The van der Waals surface area contributed by atoms with E-state index in [9.17, 15) is 9.59 Å². The molecule has 2 heterocycles. The van der Waals surface area contributed by atoms with Crippen LogP contribution < -0.4 is 24.6 Å². The van der Waals surface area contributed by atoms with Crippen molar-refractivity contribution >= 4 is 23.3 Å². The van der Waals surface area contributed by atoms with E-state index in [0.717, 1.165) is 11.4 Å². The monoisotopic (exact) mass is 367 g/mol. The Hall–Kier alpha value is -3.22. The second kappa shape index (κ2) is 7.19. The van der Waals surface area contributed by atoms with E-state index in [4.69, 9.17) is 9.47 Å². The van der Waals surface area contributed by atoms with E-state index in [-0.39, 0.29) is 24.4 Å². The third-order valence-electron chi connectivity index (χ3n) is 4.74. The molecule has 0 aromatic heterocycles. The van der Waals surface area contributed by atoms with E-state index in [2.05, 4.69) is 5.32 Å². The van der Waals surface area contributed by atoms with Crippen LogP contribution in [0.1, 0.15) is 6.42 Å². The molecular weight excluding hydrogens is 346 g/mol. The molecule has 27 heavy (non-hydrogen) atoms. The standard InChI is InChI=1S/C20H21N3O4/c1-22(15-5-3-2-4-6-15)20(25)21-14-11-19(24)23(13-14)16-7-8-17-18(12-16)27-10-9-26-17/h2-8,12,14H,9-11,13H2,1H3,(H,21,25)/t14-/m1/s1. The zero-order valence-corrected chi connectivity index (χ0v) is 15.1. The number of fused-ring (bicyclic) bond motifs is 1. The first kappa shape index (κ1) is 17.2. The lowest BCUT2D eigenvalue weighted by Gasteiger charge is -2.23. The number of hydrogen-bond acceptors (Lipinski definition) is 4.